The molecular formula is C25H25N. The van der Waals surface area contributed by atoms with Gasteiger partial charge in [0.05, 0.1) is 11.4 Å². The van der Waals surface area contributed by atoms with Crippen LogP contribution in [0.4, 0.5) is 5.69 Å². The summed E-state index contributed by atoms with van der Waals surface area (Å²) in [6.45, 7) is 6.57. The first-order valence-corrected chi connectivity index (χ1v) is 9.86. The lowest BCUT2D eigenvalue weighted by Gasteiger charge is -2.16. The number of aliphatic imine (C=N–C) groups is 1. The fourth-order valence-electron chi connectivity index (χ4n) is 5.04. The van der Waals surface area contributed by atoms with E-state index < -0.39 is 0 Å². The first-order chi connectivity index (χ1) is 12.6. The Kier molecular flexibility index (Phi) is 3.53. The molecule has 2 aliphatic rings. The number of rotatable bonds is 2. The maximum Gasteiger partial charge on any atom is 0.0789 e. The molecule has 0 amide bonds. The van der Waals surface area contributed by atoms with Crippen molar-refractivity contribution in [3.63, 3.8) is 0 Å². The maximum atomic E-state index is 5.13. The van der Waals surface area contributed by atoms with Crippen molar-refractivity contribution >= 4 is 22.2 Å². The summed E-state index contributed by atoms with van der Waals surface area (Å²) in [7, 11) is 0. The van der Waals surface area contributed by atoms with Crippen LogP contribution in [-0.4, -0.2) is 5.71 Å². The summed E-state index contributed by atoms with van der Waals surface area (Å²) in [6, 6.07) is 16.0. The molecule has 1 heteroatoms. The van der Waals surface area contributed by atoms with E-state index in [4.69, 9.17) is 4.99 Å². The van der Waals surface area contributed by atoms with Crippen LogP contribution in [0.15, 0.2) is 47.5 Å². The van der Waals surface area contributed by atoms with E-state index in [1.165, 1.54) is 70.0 Å². The van der Waals surface area contributed by atoms with E-state index in [9.17, 15) is 0 Å². The van der Waals surface area contributed by atoms with E-state index in [0.29, 0.717) is 0 Å². The predicted octanol–water partition coefficient (Wildman–Crippen LogP) is 6.91. The van der Waals surface area contributed by atoms with Gasteiger partial charge in [-0.15, -0.1) is 0 Å². The molecule has 0 saturated heterocycles. The van der Waals surface area contributed by atoms with Gasteiger partial charge in [-0.2, -0.15) is 0 Å². The minimum absolute atomic E-state index is 0.725. The zero-order valence-electron chi connectivity index (χ0n) is 15.9. The standard InChI is InChI=1S/C25H25N/c1-15-11-16(2)13-19(12-15)25-21-10-6-9-20-22(18-7-4-5-8-18)14-17(3)24(26-25)23(20)21/h6,9-14,18H,4-5,7-8H2,1-3H3. The lowest BCUT2D eigenvalue weighted by Crippen LogP contribution is -2.02. The summed E-state index contributed by atoms with van der Waals surface area (Å²) >= 11 is 0. The van der Waals surface area contributed by atoms with E-state index >= 15 is 0 Å². The van der Waals surface area contributed by atoms with Crippen molar-refractivity contribution in [2.45, 2.75) is 52.4 Å². The third-order valence-corrected chi connectivity index (χ3v) is 6.13. The van der Waals surface area contributed by atoms with Crippen molar-refractivity contribution in [3.05, 3.63) is 75.8 Å². The Morgan fingerprint density at radius 1 is 0.885 bits per heavy atom. The molecular weight excluding hydrogens is 314 g/mol. The van der Waals surface area contributed by atoms with Crippen molar-refractivity contribution in [2.24, 2.45) is 4.99 Å². The maximum absolute atomic E-state index is 5.13. The molecule has 1 saturated carbocycles. The molecule has 0 radical (unpaired) electrons. The van der Waals surface area contributed by atoms with Crippen molar-refractivity contribution in [2.75, 3.05) is 0 Å². The summed E-state index contributed by atoms with van der Waals surface area (Å²) in [6.07, 6.45) is 5.42. The molecule has 26 heavy (non-hydrogen) atoms. The summed E-state index contributed by atoms with van der Waals surface area (Å²) in [4.78, 5) is 5.13. The van der Waals surface area contributed by atoms with Gasteiger partial charge in [-0.3, -0.25) is 0 Å². The van der Waals surface area contributed by atoms with Crippen molar-refractivity contribution in [1.82, 2.24) is 0 Å². The topological polar surface area (TPSA) is 12.4 Å². The molecule has 130 valence electrons. The van der Waals surface area contributed by atoms with Crippen LogP contribution < -0.4 is 0 Å². The normalized spacial score (nSPS) is 16.5. The fraction of sp³-hybridized carbons (Fsp3) is 0.320. The number of hydrogen-bond acceptors (Lipinski definition) is 1. The molecule has 0 bridgehead atoms. The average molecular weight is 339 g/mol. The molecule has 1 fully saturated rings. The Bertz CT molecular complexity index is 1040. The Hall–Kier alpha value is -2.41. The molecule has 1 nitrogen and oxygen atoms in total. The van der Waals surface area contributed by atoms with Gasteiger partial charge in [0.1, 0.15) is 0 Å². The van der Waals surface area contributed by atoms with Gasteiger partial charge in [-0.05, 0) is 68.2 Å². The predicted molar refractivity (Wildman–Crippen MR) is 111 cm³/mol. The van der Waals surface area contributed by atoms with Crippen LogP contribution in [0.3, 0.4) is 0 Å². The lowest BCUT2D eigenvalue weighted by atomic mass is 9.88. The van der Waals surface area contributed by atoms with Gasteiger partial charge in [-0.1, -0.05) is 54.3 Å². The van der Waals surface area contributed by atoms with Crippen molar-refractivity contribution in [1.29, 1.82) is 0 Å². The van der Waals surface area contributed by atoms with Gasteiger partial charge in [0.25, 0.3) is 0 Å². The zero-order chi connectivity index (χ0) is 17.8. The second-order valence-corrected chi connectivity index (χ2v) is 8.18. The van der Waals surface area contributed by atoms with Crippen LogP contribution in [0.1, 0.15) is 65.0 Å². The summed E-state index contributed by atoms with van der Waals surface area (Å²) in [5.74, 6) is 0.725. The largest absolute Gasteiger partial charge is 0.247 e. The van der Waals surface area contributed by atoms with Crippen molar-refractivity contribution < 1.29 is 0 Å². The van der Waals surface area contributed by atoms with E-state index in [0.717, 1.165) is 11.6 Å². The molecule has 0 N–H and O–H groups in total. The number of aryl methyl sites for hydroxylation is 3. The third kappa shape index (κ3) is 2.34. The smallest absolute Gasteiger partial charge is 0.0789 e. The SMILES string of the molecule is Cc1cc(C)cc(C2=Nc3c(C)cc(C4CCCC4)c4cccc2c34)c1. The molecule has 0 aromatic heterocycles. The molecule has 3 aromatic rings. The minimum Gasteiger partial charge on any atom is -0.247 e. The summed E-state index contributed by atoms with van der Waals surface area (Å²) in [5.41, 5.74) is 10.4. The molecule has 1 heterocycles. The van der Waals surface area contributed by atoms with Crippen LogP contribution in [-0.2, 0) is 0 Å². The Balaban J connectivity index is 1.75. The molecule has 0 atom stereocenters. The highest BCUT2D eigenvalue weighted by molar-refractivity contribution is 6.27. The zero-order valence-corrected chi connectivity index (χ0v) is 15.9. The Morgan fingerprint density at radius 2 is 1.62 bits per heavy atom. The summed E-state index contributed by atoms with van der Waals surface area (Å²) < 4.78 is 0. The second kappa shape index (κ2) is 5.81. The minimum atomic E-state index is 0.725. The van der Waals surface area contributed by atoms with Crippen LogP contribution in [0, 0.1) is 20.8 Å². The lowest BCUT2D eigenvalue weighted by molar-refractivity contribution is 0.729. The Morgan fingerprint density at radius 3 is 2.35 bits per heavy atom. The van der Waals surface area contributed by atoms with Crippen LogP contribution in [0.25, 0.3) is 10.8 Å². The van der Waals surface area contributed by atoms with E-state index in [1.54, 1.807) is 5.56 Å². The monoisotopic (exact) mass is 339 g/mol. The highest BCUT2D eigenvalue weighted by atomic mass is 14.8. The van der Waals surface area contributed by atoms with Gasteiger partial charge in [0.2, 0.25) is 0 Å². The van der Waals surface area contributed by atoms with Gasteiger partial charge in [-0.25, -0.2) is 4.99 Å². The molecule has 5 rings (SSSR count). The second-order valence-electron chi connectivity index (χ2n) is 8.18. The number of hydrogen-bond donors (Lipinski definition) is 0. The molecule has 1 aliphatic heterocycles. The van der Waals surface area contributed by atoms with Crippen LogP contribution in [0.5, 0.6) is 0 Å². The number of benzene rings is 3. The number of nitrogens with zero attached hydrogens (tertiary/aromatic N) is 1. The molecule has 0 spiro atoms. The Labute approximate surface area is 155 Å². The van der Waals surface area contributed by atoms with Crippen LogP contribution in [0.2, 0.25) is 0 Å². The van der Waals surface area contributed by atoms with Gasteiger partial charge in [0, 0.05) is 16.5 Å². The van der Waals surface area contributed by atoms with E-state index in [-0.39, 0.29) is 0 Å². The summed E-state index contributed by atoms with van der Waals surface area (Å²) in [5, 5.41) is 2.81. The highest BCUT2D eigenvalue weighted by Crippen LogP contribution is 2.45. The highest BCUT2D eigenvalue weighted by Gasteiger charge is 2.26. The fourth-order valence-corrected chi connectivity index (χ4v) is 5.04. The first kappa shape index (κ1) is 15.8. The van der Waals surface area contributed by atoms with E-state index in [1.807, 2.05) is 0 Å². The third-order valence-electron chi connectivity index (χ3n) is 6.13. The van der Waals surface area contributed by atoms with Crippen LogP contribution >= 0.6 is 0 Å². The van der Waals surface area contributed by atoms with E-state index in [2.05, 4.69) is 63.2 Å². The van der Waals surface area contributed by atoms with Gasteiger partial charge < -0.3 is 0 Å². The van der Waals surface area contributed by atoms with Gasteiger partial charge in [0.15, 0.2) is 0 Å². The van der Waals surface area contributed by atoms with Crippen molar-refractivity contribution in [3.8, 4) is 0 Å². The quantitative estimate of drug-likeness (QED) is 0.376. The molecule has 0 unspecified atom stereocenters. The first-order valence-electron chi connectivity index (χ1n) is 9.86. The average Bonchev–Trinajstić information content (AvgIpc) is 3.26. The molecule has 1 aliphatic carbocycles. The van der Waals surface area contributed by atoms with Gasteiger partial charge >= 0.3 is 0 Å². The molecule has 3 aromatic carbocycles.